The van der Waals surface area contributed by atoms with Gasteiger partial charge >= 0.3 is 6.18 Å². The van der Waals surface area contributed by atoms with Crippen molar-refractivity contribution in [2.75, 3.05) is 4.90 Å². The molecular weight excluding hydrogens is 295 g/mol. The molecule has 1 N–H and O–H groups in total. The molecule has 114 valence electrons. The van der Waals surface area contributed by atoms with E-state index < -0.39 is 24.3 Å². The van der Waals surface area contributed by atoms with Crippen LogP contribution in [0.3, 0.4) is 0 Å². The predicted molar refractivity (Wildman–Crippen MR) is 74.3 cm³/mol. The Kier molecular flexibility index (Phi) is 3.41. The van der Waals surface area contributed by atoms with Crippen LogP contribution in [0.2, 0.25) is 0 Å². The van der Waals surface area contributed by atoms with Crippen LogP contribution in [0.15, 0.2) is 42.5 Å². The number of para-hydroxylation sites is 1. The van der Waals surface area contributed by atoms with Gasteiger partial charge in [-0.1, -0.05) is 18.2 Å². The molecule has 1 aliphatic heterocycles. The fourth-order valence-electron chi connectivity index (χ4n) is 2.63. The first-order valence-electron chi connectivity index (χ1n) is 6.62. The number of anilines is 1. The van der Waals surface area contributed by atoms with Crippen LogP contribution in [0.1, 0.15) is 27.0 Å². The fraction of sp³-hybridized carbons (Fsp3) is 0.188. The summed E-state index contributed by atoms with van der Waals surface area (Å²) in [5.41, 5.74) is -0.279. The summed E-state index contributed by atoms with van der Waals surface area (Å²) >= 11 is 0. The molecule has 22 heavy (non-hydrogen) atoms. The number of aliphatic hydroxyl groups excluding tert-OH is 1. The topological polar surface area (TPSA) is 40.5 Å². The van der Waals surface area contributed by atoms with Crippen LogP contribution in [0.5, 0.6) is 0 Å². The number of rotatable bonds is 2. The Labute approximate surface area is 124 Å². The lowest BCUT2D eigenvalue weighted by atomic mass is 9.99. The maximum atomic E-state index is 13.2. The molecule has 0 saturated heterocycles. The molecule has 0 fully saturated rings. The van der Waals surface area contributed by atoms with Crippen molar-refractivity contribution in [1.82, 2.24) is 0 Å². The smallest absolute Gasteiger partial charge is 0.392 e. The Balaban J connectivity index is 2.12. The molecule has 0 radical (unpaired) electrons. The van der Waals surface area contributed by atoms with Gasteiger partial charge in [-0.3, -0.25) is 4.79 Å². The van der Waals surface area contributed by atoms with Crippen LogP contribution in [-0.4, -0.2) is 11.0 Å². The number of amides is 1. The van der Waals surface area contributed by atoms with Crippen molar-refractivity contribution in [2.45, 2.75) is 19.3 Å². The standard InChI is InChI=1S/C16H12F3NO2/c17-16(18,19)14-7-10(9-21)6-12-13(14)8-20(15(12)22)11-4-2-1-3-5-11/h1-7,21H,8-9H2. The number of alkyl halides is 3. The Bertz CT molecular complexity index is 726. The van der Waals surface area contributed by atoms with Crippen LogP contribution in [0.25, 0.3) is 0 Å². The van der Waals surface area contributed by atoms with E-state index >= 15 is 0 Å². The molecule has 3 rings (SSSR count). The zero-order valence-corrected chi connectivity index (χ0v) is 11.4. The monoisotopic (exact) mass is 307 g/mol. The van der Waals surface area contributed by atoms with Crippen molar-refractivity contribution in [3.8, 4) is 0 Å². The van der Waals surface area contributed by atoms with Gasteiger partial charge in [-0.15, -0.1) is 0 Å². The molecule has 0 bridgehead atoms. The number of halogens is 3. The molecule has 0 spiro atoms. The minimum Gasteiger partial charge on any atom is -0.392 e. The molecule has 0 aliphatic carbocycles. The fourth-order valence-corrected chi connectivity index (χ4v) is 2.63. The van der Waals surface area contributed by atoms with Crippen LogP contribution < -0.4 is 4.90 Å². The summed E-state index contributed by atoms with van der Waals surface area (Å²) in [6.45, 7) is -0.673. The molecule has 3 nitrogen and oxygen atoms in total. The lowest BCUT2D eigenvalue weighted by molar-refractivity contribution is -0.138. The van der Waals surface area contributed by atoms with Gasteiger partial charge in [0.25, 0.3) is 5.91 Å². The lowest BCUT2D eigenvalue weighted by Crippen LogP contribution is -2.22. The largest absolute Gasteiger partial charge is 0.416 e. The number of hydrogen-bond donors (Lipinski definition) is 1. The highest BCUT2D eigenvalue weighted by Gasteiger charge is 2.40. The highest BCUT2D eigenvalue weighted by atomic mass is 19.4. The highest BCUT2D eigenvalue weighted by molar-refractivity contribution is 6.10. The summed E-state index contributed by atoms with van der Waals surface area (Å²) in [6, 6.07) is 10.8. The molecule has 0 atom stereocenters. The Hall–Kier alpha value is -2.34. The quantitative estimate of drug-likeness (QED) is 0.924. The second kappa shape index (κ2) is 5.14. The molecule has 1 aliphatic rings. The molecule has 2 aromatic rings. The average molecular weight is 307 g/mol. The first-order valence-corrected chi connectivity index (χ1v) is 6.62. The summed E-state index contributed by atoms with van der Waals surface area (Å²) in [6.07, 6.45) is -4.57. The van der Waals surface area contributed by atoms with Gasteiger partial charge in [-0.05, 0) is 35.4 Å². The summed E-state index contributed by atoms with van der Waals surface area (Å²) in [7, 11) is 0. The lowest BCUT2D eigenvalue weighted by Gasteiger charge is -2.16. The normalized spacial score (nSPS) is 14.4. The zero-order valence-electron chi connectivity index (χ0n) is 11.4. The number of carbonyl (C=O) groups is 1. The molecule has 0 saturated carbocycles. The van der Waals surface area contributed by atoms with Gasteiger partial charge in [-0.2, -0.15) is 13.2 Å². The minimum absolute atomic E-state index is 0.00253. The number of benzene rings is 2. The van der Waals surface area contributed by atoms with E-state index in [0.29, 0.717) is 5.69 Å². The summed E-state index contributed by atoms with van der Waals surface area (Å²) in [5, 5.41) is 9.14. The van der Waals surface area contributed by atoms with Crippen molar-refractivity contribution in [1.29, 1.82) is 0 Å². The Morgan fingerprint density at radius 1 is 1.14 bits per heavy atom. The number of nitrogens with zero attached hydrogens (tertiary/aromatic N) is 1. The number of carbonyl (C=O) groups excluding carboxylic acids is 1. The minimum atomic E-state index is -4.57. The number of aliphatic hydroxyl groups is 1. The van der Waals surface area contributed by atoms with E-state index in [1.807, 2.05) is 0 Å². The molecule has 2 aromatic carbocycles. The van der Waals surface area contributed by atoms with Crippen molar-refractivity contribution in [3.05, 3.63) is 64.7 Å². The molecule has 1 heterocycles. The van der Waals surface area contributed by atoms with Crippen molar-refractivity contribution in [3.63, 3.8) is 0 Å². The van der Waals surface area contributed by atoms with Gasteiger partial charge in [0, 0.05) is 11.3 Å². The van der Waals surface area contributed by atoms with Gasteiger partial charge in [0.15, 0.2) is 0 Å². The van der Waals surface area contributed by atoms with Gasteiger partial charge in [0.05, 0.1) is 18.7 Å². The maximum Gasteiger partial charge on any atom is 0.416 e. The number of fused-ring (bicyclic) bond motifs is 1. The van der Waals surface area contributed by atoms with Gasteiger partial charge < -0.3 is 10.0 Å². The maximum absolute atomic E-state index is 13.2. The van der Waals surface area contributed by atoms with Crippen LogP contribution in [0.4, 0.5) is 18.9 Å². The molecule has 6 heteroatoms. The van der Waals surface area contributed by atoms with E-state index in [2.05, 4.69) is 0 Å². The van der Waals surface area contributed by atoms with E-state index in [4.69, 9.17) is 5.11 Å². The number of hydrogen-bond acceptors (Lipinski definition) is 2. The van der Waals surface area contributed by atoms with Crippen molar-refractivity contribution >= 4 is 11.6 Å². The van der Waals surface area contributed by atoms with Crippen molar-refractivity contribution < 1.29 is 23.1 Å². The summed E-state index contributed by atoms with van der Waals surface area (Å²) in [4.78, 5) is 13.7. The summed E-state index contributed by atoms with van der Waals surface area (Å²) in [5.74, 6) is -0.484. The first-order chi connectivity index (χ1) is 10.4. The van der Waals surface area contributed by atoms with Crippen LogP contribution in [-0.2, 0) is 19.3 Å². The van der Waals surface area contributed by atoms with Crippen LogP contribution >= 0.6 is 0 Å². The van der Waals surface area contributed by atoms with Gasteiger partial charge in [-0.25, -0.2) is 0 Å². The average Bonchev–Trinajstić information content (AvgIpc) is 2.83. The zero-order chi connectivity index (χ0) is 15.9. The van der Waals surface area contributed by atoms with E-state index in [0.717, 1.165) is 6.07 Å². The first kappa shape index (κ1) is 14.6. The third-order valence-corrected chi connectivity index (χ3v) is 3.66. The summed E-state index contributed by atoms with van der Waals surface area (Å²) < 4.78 is 39.6. The van der Waals surface area contributed by atoms with E-state index in [1.165, 1.54) is 11.0 Å². The van der Waals surface area contributed by atoms with Gasteiger partial charge in [0.1, 0.15) is 0 Å². The predicted octanol–water partition coefficient (Wildman–Crippen LogP) is 3.36. The van der Waals surface area contributed by atoms with Crippen LogP contribution in [0, 0.1) is 0 Å². The SMILES string of the molecule is O=C1c2cc(CO)cc(C(F)(F)F)c2CN1c1ccccc1. The van der Waals surface area contributed by atoms with Crippen molar-refractivity contribution in [2.24, 2.45) is 0 Å². The second-order valence-corrected chi connectivity index (χ2v) is 5.05. The van der Waals surface area contributed by atoms with Gasteiger partial charge in [0.2, 0.25) is 0 Å². The second-order valence-electron chi connectivity index (χ2n) is 5.05. The molecule has 0 aromatic heterocycles. The molecule has 1 amide bonds. The van der Waals surface area contributed by atoms with E-state index in [-0.39, 0.29) is 23.2 Å². The molecule has 0 unspecified atom stereocenters. The third kappa shape index (κ3) is 2.35. The Morgan fingerprint density at radius 3 is 2.41 bits per heavy atom. The highest BCUT2D eigenvalue weighted by Crippen LogP contribution is 2.39. The van der Waals surface area contributed by atoms with E-state index in [1.54, 1.807) is 30.3 Å². The van der Waals surface area contributed by atoms with E-state index in [9.17, 15) is 18.0 Å². The molecular formula is C16H12F3NO2. The third-order valence-electron chi connectivity index (χ3n) is 3.66. The Morgan fingerprint density at radius 2 is 1.82 bits per heavy atom.